The molecule has 1 aromatic heterocycles. The van der Waals surface area contributed by atoms with Crippen molar-refractivity contribution in [3.8, 4) is 0 Å². The Kier molecular flexibility index (Phi) is 6.11. The second-order valence-corrected chi connectivity index (χ2v) is 8.16. The number of hydrogen-bond donors (Lipinski definition) is 1. The molecule has 4 nitrogen and oxygen atoms in total. The van der Waals surface area contributed by atoms with Gasteiger partial charge in [0.2, 0.25) is 5.91 Å². The summed E-state index contributed by atoms with van der Waals surface area (Å²) in [5.41, 5.74) is 3.80. The first kappa shape index (κ1) is 19.4. The molecule has 0 fully saturated rings. The maximum Gasteiger partial charge on any atom is 0.341 e. The lowest BCUT2D eigenvalue weighted by Gasteiger charge is -2.11. The van der Waals surface area contributed by atoms with Crippen LogP contribution in [-0.4, -0.2) is 19.0 Å². The fourth-order valence-electron chi connectivity index (χ4n) is 3.29. The summed E-state index contributed by atoms with van der Waals surface area (Å²) >= 11 is 1.49. The number of thiophene rings is 1. The van der Waals surface area contributed by atoms with Crippen molar-refractivity contribution in [1.82, 2.24) is 0 Å². The van der Waals surface area contributed by atoms with Gasteiger partial charge in [0.25, 0.3) is 0 Å². The number of carbonyl (C=O) groups is 2. The first-order valence-electron chi connectivity index (χ1n) is 9.31. The van der Waals surface area contributed by atoms with Crippen LogP contribution in [0.25, 0.3) is 6.08 Å². The molecule has 3 rings (SSSR count). The van der Waals surface area contributed by atoms with Gasteiger partial charge in [-0.2, -0.15) is 0 Å². The molecule has 0 aliphatic heterocycles. The Morgan fingerprint density at radius 2 is 1.85 bits per heavy atom. The van der Waals surface area contributed by atoms with Crippen LogP contribution in [0.15, 0.2) is 30.3 Å². The minimum Gasteiger partial charge on any atom is -0.465 e. The maximum atomic E-state index is 12.4. The highest BCUT2D eigenvalue weighted by Gasteiger charge is 2.26. The molecule has 0 spiro atoms. The zero-order chi connectivity index (χ0) is 19.4. The first-order chi connectivity index (χ1) is 13.0. The van der Waals surface area contributed by atoms with E-state index in [9.17, 15) is 9.59 Å². The van der Waals surface area contributed by atoms with Gasteiger partial charge < -0.3 is 10.1 Å². The summed E-state index contributed by atoms with van der Waals surface area (Å²) in [6.07, 6.45) is 7.29. The largest absolute Gasteiger partial charge is 0.465 e. The Labute approximate surface area is 164 Å². The van der Waals surface area contributed by atoms with E-state index in [1.807, 2.05) is 12.1 Å². The predicted octanol–water partition coefficient (Wildman–Crippen LogP) is 5.19. The smallest absolute Gasteiger partial charge is 0.341 e. The number of carbonyl (C=O) groups excluding carboxylic acids is 2. The highest BCUT2D eigenvalue weighted by atomic mass is 32.1. The lowest BCUT2D eigenvalue weighted by molar-refractivity contribution is -0.111. The van der Waals surface area contributed by atoms with Crippen LogP contribution < -0.4 is 5.32 Å². The van der Waals surface area contributed by atoms with Gasteiger partial charge in [0.05, 0.1) is 12.7 Å². The molecule has 142 valence electrons. The summed E-state index contributed by atoms with van der Waals surface area (Å²) in [5.74, 6) is -0.141. The van der Waals surface area contributed by atoms with Crippen molar-refractivity contribution in [1.29, 1.82) is 0 Å². The molecule has 0 radical (unpaired) electrons. The molecule has 1 heterocycles. The van der Waals surface area contributed by atoms with E-state index < -0.39 is 0 Å². The second kappa shape index (κ2) is 8.53. The van der Waals surface area contributed by atoms with Crippen LogP contribution in [0.4, 0.5) is 5.00 Å². The van der Waals surface area contributed by atoms with Crippen LogP contribution in [0, 0.1) is 0 Å². The van der Waals surface area contributed by atoms with E-state index in [0.717, 1.165) is 36.8 Å². The predicted molar refractivity (Wildman–Crippen MR) is 110 cm³/mol. The molecule has 1 N–H and O–H groups in total. The summed E-state index contributed by atoms with van der Waals surface area (Å²) < 4.78 is 4.94. The third-order valence-corrected chi connectivity index (χ3v) is 6.04. The molecule has 1 aliphatic carbocycles. The van der Waals surface area contributed by atoms with Gasteiger partial charge in [0.15, 0.2) is 0 Å². The van der Waals surface area contributed by atoms with Crippen molar-refractivity contribution < 1.29 is 14.3 Å². The number of benzene rings is 1. The molecular formula is C22H25NO3S. The summed E-state index contributed by atoms with van der Waals surface area (Å²) in [6, 6.07) is 8.15. The molecule has 1 aromatic carbocycles. The summed E-state index contributed by atoms with van der Waals surface area (Å²) in [5, 5.41) is 3.47. The van der Waals surface area contributed by atoms with Gasteiger partial charge >= 0.3 is 5.97 Å². The van der Waals surface area contributed by atoms with Crippen molar-refractivity contribution in [2.75, 3.05) is 12.4 Å². The van der Waals surface area contributed by atoms with Crippen LogP contribution in [0.2, 0.25) is 0 Å². The number of rotatable bonds is 5. The highest BCUT2D eigenvalue weighted by molar-refractivity contribution is 7.17. The van der Waals surface area contributed by atoms with Gasteiger partial charge in [-0.1, -0.05) is 38.1 Å². The zero-order valence-corrected chi connectivity index (χ0v) is 16.8. The minimum atomic E-state index is -0.377. The molecule has 0 unspecified atom stereocenters. The number of ether oxygens (including phenoxy) is 1. The number of fused-ring (bicyclic) bond motifs is 1. The number of methoxy groups -OCH3 is 1. The van der Waals surface area contributed by atoms with Crippen LogP contribution in [-0.2, 0) is 22.4 Å². The van der Waals surface area contributed by atoms with E-state index in [1.54, 1.807) is 6.08 Å². The van der Waals surface area contributed by atoms with Crippen LogP contribution in [0.1, 0.15) is 64.5 Å². The molecule has 27 heavy (non-hydrogen) atoms. The number of hydrogen-bond acceptors (Lipinski definition) is 4. The van der Waals surface area contributed by atoms with E-state index in [1.165, 1.54) is 35.0 Å². The van der Waals surface area contributed by atoms with Gasteiger partial charge in [-0.05, 0) is 54.4 Å². The van der Waals surface area contributed by atoms with Crippen molar-refractivity contribution in [2.24, 2.45) is 0 Å². The molecule has 1 amide bonds. The lowest BCUT2D eigenvalue weighted by atomic mass is 9.95. The molecule has 2 aromatic rings. The van der Waals surface area contributed by atoms with E-state index in [-0.39, 0.29) is 11.9 Å². The lowest BCUT2D eigenvalue weighted by Crippen LogP contribution is -2.13. The van der Waals surface area contributed by atoms with Gasteiger partial charge in [0.1, 0.15) is 5.00 Å². The fourth-order valence-corrected chi connectivity index (χ4v) is 4.57. The van der Waals surface area contributed by atoms with Gasteiger partial charge in [-0.25, -0.2) is 4.79 Å². The molecule has 0 atom stereocenters. The fraction of sp³-hybridized carbons (Fsp3) is 0.364. The number of esters is 1. The Bertz CT molecular complexity index is 862. The average Bonchev–Trinajstić information content (AvgIpc) is 3.03. The first-order valence-corrected chi connectivity index (χ1v) is 10.1. The average molecular weight is 384 g/mol. The number of amides is 1. The maximum absolute atomic E-state index is 12.4. The normalized spacial score (nSPS) is 13.6. The topological polar surface area (TPSA) is 55.4 Å². The number of aryl methyl sites for hydroxylation is 1. The molecular weight excluding hydrogens is 358 g/mol. The van der Waals surface area contributed by atoms with E-state index in [0.29, 0.717) is 16.5 Å². The molecule has 0 bridgehead atoms. The summed E-state index contributed by atoms with van der Waals surface area (Å²) in [7, 11) is 1.38. The summed E-state index contributed by atoms with van der Waals surface area (Å²) in [4.78, 5) is 25.8. The zero-order valence-electron chi connectivity index (χ0n) is 16.0. The Morgan fingerprint density at radius 3 is 2.52 bits per heavy atom. The monoisotopic (exact) mass is 383 g/mol. The van der Waals surface area contributed by atoms with Crippen molar-refractivity contribution in [2.45, 2.75) is 45.4 Å². The Hall–Kier alpha value is -2.40. The Morgan fingerprint density at radius 1 is 1.15 bits per heavy atom. The van der Waals surface area contributed by atoms with Crippen LogP contribution in [0.5, 0.6) is 0 Å². The van der Waals surface area contributed by atoms with Crippen LogP contribution >= 0.6 is 11.3 Å². The standard InChI is InChI=1S/C22H25NO3S/c1-14(2)16-11-8-15(9-12-16)10-13-19(24)23-21-20(22(25)26-3)17-6-4-5-7-18(17)27-21/h8-14H,4-7H2,1-3H3,(H,23,24). The van der Waals surface area contributed by atoms with E-state index >= 15 is 0 Å². The molecule has 0 saturated carbocycles. The third-order valence-electron chi connectivity index (χ3n) is 4.83. The quantitative estimate of drug-likeness (QED) is 0.571. The summed E-state index contributed by atoms with van der Waals surface area (Å²) in [6.45, 7) is 4.30. The van der Waals surface area contributed by atoms with Gasteiger partial charge in [-0.15, -0.1) is 11.3 Å². The number of anilines is 1. The Balaban J connectivity index is 1.75. The highest BCUT2D eigenvalue weighted by Crippen LogP contribution is 2.38. The van der Waals surface area contributed by atoms with Crippen molar-refractivity contribution >= 4 is 34.3 Å². The van der Waals surface area contributed by atoms with Gasteiger partial charge in [-0.3, -0.25) is 4.79 Å². The van der Waals surface area contributed by atoms with Crippen LogP contribution in [0.3, 0.4) is 0 Å². The molecule has 1 aliphatic rings. The van der Waals surface area contributed by atoms with Gasteiger partial charge in [0, 0.05) is 11.0 Å². The second-order valence-electron chi connectivity index (χ2n) is 7.05. The van der Waals surface area contributed by atoms with E-state index in [4.69, 9.17) is 4.74 Å². The number of nitrogens with one attached hydrogen (secondary N) is 1. The SMILES string of the molecule is COC(=O)c1c(NC(=O)C=Cc2ccc(C(C)C)cc2)sc2c1CCCC2. The molecule has 5 heteroatoms. The molecule has 0 saturated heterocycles. The third kappa shape index (κ3) is 4.48. The van der Waals surface area contributed by atoms with Crippen molar-refractivity contribution in [3.05, 3.63) is 57.5 Å². The van der Waals surface area contributed by atoms with E-state index in [2.05, 4.69) is 31.3 Å². The minimum absolute atomic E-state index is 0.244. The van der Waals surface area contributed by atoms with Crippen molar-refractivity contribution in [3.63, 3.8) is 0 Å².